The Hall–Kier alpha value is -3.17. The molecule has 0 saturated heterocycles. The lowest BCUT2D eigenvalue weighted by Gasteiger charge is -2.18. The summed E-state index contributed by atoms with van der Waals surface area (Å²) in [6, 6.07) is 32.3. The standard InChI is InChI=1S/C18H15P.C2H4O2.CH5N3/c1-4-10-16(11-5-1)19(17-12-6-2-7-13-17)18-14-8-3-9-15-18;1-2(3)4;2-1(3)4/h1-15H;1H3,(H,3,4);(H5,2,3,4). The second-order valence-corrected chi connectivity index (χ2v) is 7.54. The number of carboxylic acids is 1. The smallest absolute Gasteiger partial charge is 0.300 e. The molecule has 0 radical (unpaired) electrons. The molecule has 3 aromatic carbocycles. The first kappa shape index (κ1) is 21.9. The van der Waals surface area contributed by atoms with Gasteiger partial charge in [0.15, 0.2) is 5.96 Å². The first-order chi connectivity index (χ1) is 12.9. The highest BCUT2D eigenvalue weighted by atomic mass is 31.1. The van der Waals surface area contributed by atoms with Crippen molar-refractivity contribution in [2.45, 2.75) is 6.92 Å². The molecule has 6 heteroatoms. The van der Waals surface area contributed by atoms with Crippen LogP contribution in [-0.4, -0.2) is 17.0 Å². The number of aliphatic carboxylic acids is 1. The molecule has 0 atom stereocenters. The van der Waals surface area contributed by atoms with Crippen molar-refractivity contribution >= 4 is 35.8 Å². The van der Waals surface area contributed by atoms with Gasteiger partial charge in [0, 0.05) is 6.92 Å². The predicted molar refractivity (Wildman–Crippen MR) is 115 cm³/mol. The maximum Gasteiger partial charge on any atom is 0.300 e. The number of hydrogen-bond donors (Lipinski definition) is 4. The van der Waals surface area contributed by atoms with Gasteiger partial charge in [0.1, 0.15) is 0 Å². The number of carbonyl (C=O) groups is 1. The van der Waals surface area contributed by atoms with Crippen molar-refractivity contribution in [1.82, 2.24) is 0 Å². The van der Waals surface area contributed by atoms with Gasteiger partial charge >= 0.3 is 0 Å². The fourth-order valence-electron chi connectivity index (χ4n) is 2.18. The van der Waals surface area contributed by atoms with Gasteiger partial charge in [-0.3, -0.25) is 10.2 Å². The van der Waals surface area contributed by atoms with Gasteiger partial charge in [0.05, 0.1) is 0 Å². The summed E-state index contributed by atoms with van der Waals surface area (Å²) in [7, 11) is -0.446. The summed E-state index contributed by atoms with van der Waals surface area (Å²) in [5.41, 5.74) is 8.94. The molecule has 0 fully saturated rings. The molecule has 0 heterocycles. The molecule has 140 valence electrons. The van der Waals surface area contributed by atoms with E-state index in [2.05, 4.69) is 102 Å². The molecule has 0 bridgehead atoms. The van der Waals surface area contributed by atoms with Gasteiger partial charge < -0.3 is 16.6 Å². The van der Waals surface area contributed by atoms with Crippen molar-refractivity contribution in [1.29, 1.82) is 5.41 Å². The van der Waals surface area contributed by atoms with E-state index in [4.69, 9.17) is 15.3 Å². The van der Waals surface area contributed by atoms with Crippen LogP contribution < -0.4 is 27.4 Å². The van der Waals surface area contributed by atoms with E-state index in [9.17, 15) is 0 Å². The lowest BCUT2D eigenvalue weighted by molar-refractivity contribution is -0.134. The lowest BCUT2D eigenvalue weighted by atomic mass is 10.4. The Labute approximate surface area is 160 Å². The Bertz CT molecular complexity index is 699. The molecule has 6 N–H and O–H groups in total. The number of benzene rings is 3. The van der Waals surface area contributed by atoms with Crippen molar-refractivity contribution in [2.24, 2.45) is 11.5 Å². The maximum atomic E-state index is 9.00. The zero-order valence-corrected chi connectivity index (χ0v) is 16.0. The molecule has 27 heavy (non-hydrogen) atoms. The summed E-state index contributed by atoms with van der Waals surface area (Å²) in [5, 5.41) is 17.7. The molecule has 0 spiro atoms. The van der Waals surface area contributed by atoms with Crippen LogP contribution in [-0.2, 0) is 4.79 Å². The van der Waals surface area contributed by atoms with E-state index in [0.717, 1.165) is 6.92 Å². The molecule has 5 nitrogen and oxygen atoms in total. The first-order valence-corrected chi connectivity index (χ1v) is 9.50. The van der Waals surface area contributed by atoms with Gasteiger partial charge in [-0.25, -0.2) is 0 Å². The Morgan fingerprint density at radius 2 is 0.926 bits per heavy atom. The van der Waals surface area contributed by atoms with Crippen LogP contribution in [0.25, 0.3) is 0 Å². The molecule has 0 aliphatic heterocycles. The summed E-state index contributed by atoms with van der Waals surface area (Å²) < 4.78 is 0. The Morgan fingerprint density at radius 3 is 1.11 bits per heavy atom. The molecule has 0 unspecified atom stereocenters. The average Bonchev–Trinajstić information content (AvgIpc) is 2.64. The number of nitrogens with one attached hydrogen (secondary N) is 1. The third-order valence-electron chi connectivity index (χ3n) is 3.04. The molecule has 0 aliphatic carbocycles. The van der Waals surface area contributed by atoms with E-state index in [1.165, 1.54) is 15.9 Å². The second-order valence-electron chi connectivity index (χ2n) is 5.32. The summed E-state index contributed by atoms with van der Waals surface area (Å²) in [4.78, 5) is 9.00. The van der Waals surface area contributed by atoms with Crippen LogP contribution in [0.4, 0.5) is 0 Å². The number of rotatable bonds is 3. The summed E-state index contributed by atoms with van der Waals surface area (Å²) >= 11 is 0. The highest BCUT2D eigenvalue weighted by Crippen LogP contribution is 2.32. The topological polar surface area (TPSA) is 113 Å². The van der Waals surface area contributed by atoms with Gasteiger partial charge in [-0.2, -0.15) is 0 Å². The SMILES string of the molecule is CC(=O)O.N=C(N)N.c1ccc(P(c2ccccc2)c2ccccc2)cc1. The highest BCUT2D eigenvalue weighted by molar-refractivity contribution is 7.79. The van der Waals surface area contributed by atoms with Crippen LogP contribution in [0.5, 0.6) is 0 Å². The molecular weight excluding hydrogens is 357 g/mol. The average molecular weight is 381 g/mol. The van der Waals surface area contributed by atoms with Gasteiger partial charge in [-0.15, -0.1) is 0 Å². The maximum absolute atomic E-state index is 9.00. The summed E-state index contributed by atoms with van der Waals surface area (Å²) in [6.45, 7) is 1.08. The number of hydrogen-bond acceptors (Lipinski definition) is 2. The van der Waals surface area contributed by atoms with Gasteiger partial charge in [-0.05, 0) is 23.8 Å². The molecule has 0 amide bonds. The third kappa shape index (κ3) is 9.19. The predicted octanol–water partition coefficient (Wildman–Crippen LogP) is 2.37. The zero-order chi connectivity index (χ0) is 20.1. The van der Waals surface area contributed by atoms with Gasteiger partial charge in [0.25, 0.3) is 5.97 Å². The van der Waals surface area contributed by atoms with E-state index in [1.54, 1.807) is 0 Å². The number of carboxylic acid groups (broad SMARTS) is 1. The van der Waals surface area contributed by atoms with Gasteiger partial charge in [0.2, 0.25) is 0 Å². The highest BCUT2D eigenvalue weighted by Gasteiger charge is 2.14. The largest absolute Gasteiger partial charge is 0.481 e. The Kier molecular flexibility index (Phi) is 9.90. The minimum absolute atomic E-state index is 0.333. The van der Waals surface area contributed by atoms with Crippen molar-refractivity contribution < 1.29 is 9.90 Å². The monoisotopic (exact) mass is 381 g/mol. The Morgan fingerprint density at radius 1 is 0.741 bits per heavy atom. The van der Waals surface area contributed by atoms with Crippen LogP contribution in [0, 0.1) is 5.41 Å². The van der Waals surface area contributed by atoms with Gasteiger partial charge in [-0.1, -0.05) is 91.0 Å². The zero-order valence-electron chi connectivity index (χ0n) is 15.1. The lowest BCUT2D eigenvalue weighted by Crippen LogP contribution is -2.20. The fourth-order valence-corrected chi connectivity index (χ4v) is 4.48. The van der Waals surface area contributed by atoms with Crippen LogP contribution in [0.3, 0.4) is 0 Å². The summed E-state index contributed by atoms with van der Waals surface area (Å²) in [6.07, 6.45) is 0. The van der Waals surface area contributed by atoms with Crippen LogP contribution >= 0.6 is 7.92 Å². The molecular formula is C21H24N3O2P. The molecule has 3 rings (SSSR count). The van der Waals surface area contributed by atoms with Crippen LogP contribution in [0.2, 0.25) is 0 Å². The minimum Gasteiger partial charge on any atom is -0.481 e. The molecule has 0 aromatic heterocycles. The number of nitrogens with two attached hydrogens (primary N) is 2. The van der Waals surface area contributed by atoms with E-state index in [1.807, 2.05) is 0 Å². The minimum atomic E-state index is -0.833. The van der Waals surface area contributed by atoms with Crippen molar-refractivity contribution in [3.05, 3.63) is 91.0 Å². The fraction of sp³-hybridized carbons (Fsp3) is 0.0476. The second kappa shape index (κ2) is 12.2. The third-order valence-corrected chi connectivity index (χ3v) is 5.49. The van der Waals surface area contributed by atoms with Crippen LogP contribution in [0.15, 0.2) is 91.0 Å². The normalized spacial score (nSPS) is 9.26. The number of guanidine groups is 1. The van der Waals surface area contributed by atoms with Crippen molar-refractivity contribution in [2.75, 3.05) is 0 Å². The van der Waals surface area contributed by atoms with Crippen molar-refractivity contribution in [3.63, 3.8) is 0 Å². The molecule has 0 aliphatic rings. The van der Waals surface area contributed by atoms with E-state index in [0.29, 0.717) is 0 Å². The van der Waals surface area contributed by atoms with E-state index >= 15 is 0 Å². The first-order valence-electron chi connectivity index (χ1n) is 8.16. The van der Waals surface area contributed by atoms with E-state index < -0.39 is 13.9 Å². The molecule has 0 saturated carbocycles. The Balaban J connectivity index is 0.000000390. The quantitative estimate of drug-likeness (QED) is 0.317. The molecule has 3 aromatic rings. The van der Waals surface area contributed by atoms with Crippen LogP contribution in [0.1, 0.15) is 6.92 Å². The summed E-state index contributed by atoms with van der Waals surface area (Å²) in [5.74, 6) is -1.17. The van der Waals surface area contributed by atoms with Crippen molar-refractivity contribution in [3.8, 4) is 0 Å². The van der Waals surface area contributed by atoms with E-state index in [-0.39, 0.29) is 5.96 Å².